The summed E-state index contributed by atoms with van der Waals surface area (Å²) in [5, 5.41) is 34.5. The number of aliphatic hydroxyl groups is 1. The van der Waals surface area contributed by atoms with Crippen LogP contribution in [0.3, 0.4) is 0 Å². The molecule has 0 unspecified atom stereocenters. The fourth-order valence-electron chi connectivity index (χ4n) is 5.35. The number of aromatic hydroxyl groups is 1. The van der Waals surface area contributed by atoms with E-state index in [1.165, 1.54) is 48.5 Å². The number of phenols is 1. The van der Waals surface area contributed by atoms with Gasteiger partial charge in [-0.05, 0) is 90.3 Å². The molecule has 5 rings (SSSR count). The number of benzene rings is 5. The van der Waals surface area contributed by atoms with Crippen LogP contribution in [0.4, 0.5) is 34.1 Å². The summed E-state index contributed by atoms with van der Waals surface area (Å²) in [5.41, 5.74) is 9.75. The molecule has 0 saturated carbocycles. The van der Waals surface area contributed by atoms with E-state index in [0.29, 0.717) is 17.8 Å². The standard InChI is InChI=1S/C34H34N6O15S5/c35-22-1-7-25(8-2-22)57(45,46)17-14-55-15-18-58(47,48)27-11-5-23(6-12-27)37-39-32-28(59(49,50)51)19-21-20-29(60(52,53)54)33(34(42)30(21)31(32)36)40-38-24-3-9-26(10-4-24)56(43,44)16-13-41/h1-12,19-20,41-42H,13-18,35-36H2,(H,49,50,51)(H,52,53,54). The number of ether oxygens (including phenoxy) is 1. The summed E-state index contributed by atoms with van der Waals surface area (Å²) in [7, 11) is -21.9. The van der Waals surface area contributed by atoms with Gasteiger partial charge < -0.3 is 26.4 Å². The van der Waals surface area contributed by atoms with Crippen molar-refractivity contribution in [2.75, 3.05) is 48.5 Å². The van der Waals surface area contributed by atoms with E-state index in [1.807, 2.05) is 0 Å². The number of hydrogen-bond donors (Lipinski definition) is 6. The molecule has 0 aliphatic rings. The number of sulfone groups is 3. The minimum atomic E-state index is -5.23. The van der Waals surface area contributed by atoms with Crippen molar-refractivity contribution < 1.29 is 66.1 Å². The average Bonchev–Trinajstić information content (AvgIpc) is 3.16. The number of nitrogens with zero attached hydrogens (tertiary/aromatic N) is 4. The Morgan fingerprint density at radius 3 is 1.33 bits per heavy atom. The number of nitrogens with two attached hydrogens (primary N) is 2. The Labute approximate surface area is 343 Å². The molecule has 0 radical (unpaired) electrons. The first-order valence-electron chi connectivity index (χ1n) is 16.8. The number of hydrogen-bond acceptors (Lipinski definition) is 19. The van der Waals surface area contributed by atoms with Gasteiger partial charge in [-0.1, -0.05) is 0 Å². The van der Waals surface area contributed by atoms with Gasteiger partial charge in [0.25, 0.3) is 20.2 Å². The van der Waals surface area contributed by atoms with Gasteiger partial charge in [-0.2, -0.15) is 27.1 Å². The van der Waals surface area contributed by atoms with E-state index >= 15 is 0 Å². The maximum atomic E-state index is 12.9. The molecule has 0 spiro atoms. The quantitative estimate of drug-likeness (QED) is 0.0331. The molecule has 21 nitrogen and oxygen atoms in total. The number of rotatable bonds is 17. The highest BCUT2D eigenvalue weighted by molar-refractivity contribution is 7.92. The summed E-state index contributed by atoms with van der Waals surface area (Å²) >= 11 is 0. The van der Waals surface area contributed by atoms with Crippen LogP contribution in [0, 0.1) is 0 Å². The zero-order valence-corrected chi connectivity index (χ0v) is 34.7. The van der Waals surface area contributed by atoms with E-state index in [-0.39, 0.29) is 39.3 Å². The fourth-order valence-corrected chi connectivity index (χ4v) is 9.95. The summed E-state index contributed by atoms with van der Waals surface area (Å²) in [6, 6.07) is 16.2. The molecule has 0 aliphatic carbocycles. The van der Waals surface area contributed by atoms with Crippen LogP contribution < -0.4 is 11.5 Å². The van der Waals surface area contributed by atoms with Gasteiger partial charge in [-0.25, -0.2) is 25.3 Å². The van der Waals surface area contributed by atoms with E-state index in [2.05, 4.69) is 20.5 Å². The Morgan fingerprint density at radius 1 is 0.533 bits per heavy atom. The van der Waals surface area contributed by atoms with E-state index in [0.717, 1.165) is 24.3 Å². The average molecular weight is 927 g/mol. The lowest BCUT2D eigenvalue weighted by Gasteiger charge is -2.14. The lowest BCUT2D eigenvalue weighted by molar-refractivity contribution is 0.165. The number of aliphatic hydroxyl groups excluding tert-OH is 1. The number of fused-ring (bicyclic) bond motifs is 1. The number of anilines is 2. The summed E-state index contributed by atoms with van der Waals surface area (Å²) in [6.07, 6.45) is 0. The van der Waals surface area contributed by atoms with Crippen molar-refractivity contribution in [2.45, 2.75) is 24.5 Å². The summed E-state index contributed by atoms with van der Waals surface area (Å²) < 4.78 is 150. The number of nitrogen functional groups attached to an aromatic ring is 2. The smallest absolute Gasteiger partial charge is 0.296 e. The van der Waals surface area contributed by atoms with Gasteiger partial charge in [0.15, 0.2) is 35.3 Å². The minimum absolute atomic E-state index is 0.0295. The second-order valence-electron chi connectivity index (χ2n) is 12.5. The third-order valence-corrected chi connectivity index (χ3v) is 15.2. The van der Waals surface area contributed by atoms with Crippen LogP contribution in [0.25, 0.3) is 10.8 Å². The van der Waals surface area contributed by atoms with Gasteiger partial charge in [0.1, 0.15) is 21.2 Å². The molecule has 0 atom stereocenters. The van der Waals surface area contributed by atoms with E-state index in [1.54, 1.807) is 0 Å². The van der Waals surface area contributed by atoms with Crippen LogP contribution in [0.5, 0.6) is 5.75 Å². The van der Waals surface area contributed by atoms with E-state index in [9.17, 15) is 56.3 Å². The molecule has 0 aromatic heterocycles. The van der Waals surface area contributed by atoms with Crippen LogP contribution in [-0.2, 0) is 54.5 Å². The van der Waals surface area contributed by atoms with Crippen molar-refractivity contribution in [3.8, 4) is 5.75 Å². The molecule has 5 aromatic rings. The molecule has 0 fully saturated rings. The van der Waals surface area contributed by atoms with Crippen LogP contribution in [0.2, 0.25) is 0 Å². The summed E-state index contributed by atoms with van der Waals surface area (Å²) in [4.78, 5) is -2.41. The topological polar surface area (TPSA) is 362 Å². The van der Waals surface area contributed by atoms with Gasteiger partial charge in [0.05, 0.1) is 74.2 Å². The van der Waals surface area contributed by atoms with Crippen LogP contribution >= 0.6 is 0 Å². The summed E-state index contributed by atoms with van der Waals surface area (Å²) in [5.74, 6) is -2.54. The van der Waals surface area contributed by atoms with Crippen LogP contribution in [0.15, 0.2) is 130 Å². The predicted molar refractivity (Wildman–Crippen MR) is 216 cm³/mol. The predicted octanol–water partition coefficient (Wildman–Crippen LogP) is 4.06. The largest absolute Gasteiger partial charge is 0.505 e. The summed E-state index contributed by atoms with van der Waals surface area (Å²) in [6.45, 7) is -1.26. The van der Waals surface area contributed by atoms with E-state index in [4.69, 9.17) is 21.3 Å². The van der Waals surface area contributed by atoms with Crippen molar-refractivity contribution >= 4 is 94.6 Å². The second kappa shape index (κ2) is 17.6. The van der Waals surface area contributed by atoms with Gasteiger partial charge in [-0.15, -0.1) is 10.2 Å². The first-order valence-corrected chi connectivity index (χ1v) is 24.6. The Bertz CT molecular complexity index is 3070. The van der Waals surface area contributed by atoms with E-state index < -0.39 is 117 Å². The van der Waals surface area contributed by atoms with Crippen molar-refractivity contribution in [1.82, 2.24) is 0 Å². The molecule has 0 aliphatic heterocycles. The molecule has 26 heteroatoms. The van der Waals surface area contributed by atoms with Crippen molar-refractivity contribution in [1.29, 1.82) is 0 Å². The molecule has 320 valence electrons. The lowest BCUT2D eigenvalue weighted by Crippen LogP contribution is -2.17. The molecule has 5 aromatic carbocycles. The Hall–Kier alpha value is -5.45. The third-order valence-electron chi connectivity index (χ3n) is 8.38. The second-order valence-corrected chi connectivity index (χ2v) is 21.6. The lowest BCUT2D eigenvalue weighted by atomic mass is 10.1. The molecule has 0 bridgehead atoms. The molecular weight excluding hydrogens is 893 g/mol. The maximum Gasteiger partial charge on any atom is 0.296 e. The third kappa shape index (κ3) is 10.6. The Kier molecular flexibility index (Phi) is 13.4. The minimum Gasteiger partial charge on any atom is -0.505 e. The Morgan fingerprint density at radius 2 is 0.917 bits per heavy atom. The number of phenolic OH excluding ortho intramolecular Hbond substituents is 1. The molecule has 0 amide bonds. The highest BCUT2D eigenvalue weighted by atomic mass is 32.2. The molecule has 0 saturated heterocycles. The fraction of sp³-hybridized carbons (Fsp3) is 0.176. The van der Waals surface area contributed by atoms with Gasteiger partial charge >= 0.3 is 0 Å². The molecule has 60 heavy (non-hydrogen) atoms. The van der Waals surface area contributed by atoms with Gasteiger partial charge in [-0.3, -0.25) is 9.11 Å². The monoisotopic (exact) mass is 926 g/mol. The molecule has 8 N–H and O–H groups in total. The normalized spacial score (nSPS) is 13.1. The molecule has 0 heterocycles. The first-order chi connectivity index (χ1) is 27.9. The maximum absolute atomic E-state index is 12.9. The highest BCUT2D eigenvalue weighted by Gasteiger charge is 2.28. The van der Waals surface area contributed by atoms with Crippen molar-refractivity contribution in [3.05, 3.63) is 84.9 Å². The highest BCUT2D eigenvalue weighted by Crippen LogP contribution is 2.48. The van der Waals surface area contributed by atoms with Crippen molar-refractivity contribution in [3.63, 3.8) is 0 Å². The molecular formula is C34H34N6O15S5. The van der Waals surface area contributed by atoms with Gasteiger partial charge in [0, 0.05) is 5.69 Å². The zero-order chi connectivity index (χ0) is 44.3. The van der Waals surface area contributed by atoms with Crippen LogP contribution in [0.1, 0.15) is 0 Å². The van der Waals surface area contributed by atoms with Crippen LogP contribution in [-0.4, -0.2) is 98.5 Å². The Balaban J connectivity index is 1.41. The zero-order valence-electron chi connectivity index (χ0n) is 30.6. The van der Waals surface area contributed by atoms with Crippen molar-refractivity contribution in [2.24, 2.45) is 20.5 Å². The SMILES string of the molecule is Nc1ccc(S(=O)(=O)CCOCCS(=O)(=O)c2ccc(N=Nc3c(S(=O)(=O)O)cc4cc(S(=O)(=O)O)c(N=Nc5ccc(S(=O)(=O)CCO)cc5)c(O)c4c3N)cc2)cc1. The number of azo groups is 2. The van der Waals surface area contributed by atoms with Gasteiger partial charge in [0.2, 0.25) is 0 Å². The first kappa shape index (κ1) is 45.6.